The van der Waals surface area contributed by atoms with Gasteiger partial charge < -0.3 is 5.11 Å². The molecule has 1 aliphatic rings. The number of hydrogen-bond acceptors (Lipinski definition) is 5. The van der Waals surface area contributed by atoms with Crippen LogP contribution < -0.4 is 0 Å². The molecule has 24 heavy (non-hydrogen) atoms. The summed E-state index contributed by atoms with van der Waals surface area (Å²) in [4.78, 5) is 36.3. The fourth-order valence-corrected chi connectivity index (χ4v) is 3.69. The molecule has 0 aromatic heterocycles. The quantitative estimate of drug-likeness (QED) is 0.455. The lowest BCUT2D eigenvalue weighted by atomic mass is 10.1. The Balaban J connectivity index is 2.24. The molecule has 1 aromatic carbocycles. The van der Waals surface area contributed by atoms with Crippen molar-refractivity contribution >= 4 is 52.5 Å². The summed E-state index contributed by atoms with van der Waals surface area (Å²) in [6.07, 6.45) is 4.33. The number of carboxylic acid groups (broad SMARTS) is 1. The van der Waals surface area contributed by atoms with Gasteiger partial charge in [-0.15, -0.1) is 0 Å². The Labute approximate surface area is 149 Å². The minimum atomic E-state index is -1.05. The van der Waals surface area contributed by atoms with Gasteiger partial charge in [0, 0.05) is 5.56 Å². The van der Waals surface area contributed by atoms with Gasteiger partial charge in [-0.25, -0.2) is 4.79 Å². The van der Waals surface area contributed by atoms with Gasteiger partial charge in [-0.3, -0.25) is 14.5 Å². The van der Waals surface area contributed by atoms with Crippen LogP contribution in [-0.4, -0.2) is 38.5 Å². The van der Waals surface area contributed by atoms with Gasteiger partial charge in [0.1, 0.15) is 16.6 Å². The molecular weight excluding hydrogens is 346 g/mol. The van der Waals surface area contributed by atoms with Crippen LogP contribution >= 0.6 is 24.0 Å². The molecule has 1 amide bonds. The van der Waals surface area contributed by atoms with Gasteiger partial charge in [-0.2, -0.15) is 0 Å². The fourth-order valence-electron chi connectivity index (χ4n) is 2.33. The Kier molecular flexibility index (Phi) is 6.28. The lowest BCUT2D eigenvalue weighted by Crippen LogP contribution is -2.43. The van der Waals surface area contributed by atoms with Crippen molar-refractivity contribution < 1.29 is 19.5 Å². The Morgan fingerprint density at radius 1 is 1.33 bits per heavy atom. The molecule has 0 spiro atoms. The molecule has 1 N–H and O–H groups in total. The van der Waals surface area contributed by atoms with E-state index in [1.54, 1.807) is 30.3 Å². The van der Waals surface area contributed by atoms with Crippen LogP contribution in [0.15, 0.2) is 29.2 Å². The van der Waals surface area contributed by atoms with E-state index in [4.69, 9.17) is 12.2 Å². The lowest BCUT2D eigenvalue weighted by Gasteiger charge is -2.22. The van der Waals surface area contributed by atoms with Crippen LogP contribution in [0.1, 0.15) is 42.1 Å². The molecule has 1 fully saturated rings. The third-order valence-electron chi connectivity index (χ3n) is 3.62. The van der Waals surface area contributed by atoms with Gasteiger partial charge in [-0.1, -0.05) is 68.0 Å². The van der Waals surface area contributed by atoms with Crippen molar-refractivity contribution in [2.24, 2.45) is 0 Å². The molecule has 7 heteroatoms. The zero-order valence-electron chi connectivity index (χ0n) is 13.1. The van der Waals surface area contributed by atoms with Crippen LogP contribution in [0.4, 0.5) is 0 Å². The average Bonchev–Trinajstić information content (AvgIpc) is 2.83. The summed E-state index contributed by atoms with van der Waals surface area (Å²) in [5, 5.41) is 9.41. The number of unbranched alkanes of at least 4 members (excludes halogenated alkanes) is 1. The van der Waals surface area contributed by atoms with Crippen molar-refractivity contribution in [3.05, 3.63) is 40.3 Å². The van der Waals surface area contributed by atoms with Gasteiger partial charge in [0.25, 0.3) is 5.91 Å². The molecule has 1 aromatic rings. The van der Waals surface area contributed by atoms with Crippen LogP contribution in [0, 0.1) is 0 Å². The van der Waals surface area contributed by atoms with Crippen molar-refractivity contribution in [3.8, 4) is 0 Å². The molecule has 2 rings (SSSR count). The highest BCUT2D eigenvalue weighted by molar-refractivity contribution is 8.26. The third kappa shape index (κ3) is 4.10. The van der Waals surface area contributed by atoms with Gasteiger partial charge in [0.2, 0.25) is 0 Å². The first kappa shape index (κ1) is 18.4. The number of aliphatic carboxylic acids is 1. The number of thiocarbonyl (C=S) groups is 1. The maximum absolute atomic E-state index is 12.6. The van der Waals surface area contributed by atoms with E-state index >= 15 is 0 Å². The standard InChI is InChI=1S/C17H17NO4S2/c1-2-3-4-13(16(21)22)18-15(20)14(24-17(18)23)9-11-5-7-12(10-19)8-6-11/h5-10,13H,2-4H2,1H3,(H,21,22). The molecule has 0 radical (unpaired) electrons. The van der Waals surface area contributed by atoms with Crippen LogP contribution in [0.5, 0.6) is 0 Å². The molecule has 1 heterocycles. The van der Waals surface area contributed by atoms with Gasteiger partial charge in [0.15, 0.2) is 0 Å². The highest BCUT2D eigenvalue weighted by Gasteiger charge is 2.40. The summed E-state index contributed by atoms with van der Waals surface area (Å²) in [5.41, 5.74) is 1.30. The Bertz CT molecular complexity index is 697. The molecule has 0 bridgehead atoms. The summed E-state index contributed by atoms with van der Waals surface area (Å²) in [6, 6.07) is 5.83. The number of carboxylic acids is 1. The summed E-state index contributed by atoms with van der Waals surface area (Å²) in [7, 11) is 0. The molecular formula is C17H17NO4S2. The van der Waals surface area contributed by atoms with Gasteiger partial charge >= 0.3 is 5.97 Å². The Hall–Kier alpha value is -1.99. The Morgan fingerprint density at radius 2 is 1.96 bits per heavy atom. The SMILES string of the molecule is CCCCC(C(=O)O)N1C(=O)C(=Cc2ccc(C=O)cc2)SC1=S. The normalized spacial score (nSPS) is 17.4. The average molecular weight is 363 g/mol. The van der Waals surface area contributed by atoms with E-state index < -0.39 is 12.0 Å². The zero-order chi connectivity index (χ0) is 17.7. The molecule has 5 nitrogen and oxygen atoms in total. The number of benzene rings is 1. The highest BCUT2D eigenvalue weighted by Crippen LogP contribution is 2.35. The maximum atomic E-state index is 12.6. The predicted octanol–water partition coefficient (Wildman–Crippen LogP) is 3.34. The van der Waals surface area contributed by atoms with E-state index in [0.29, 0.717) is 23.3 Å². The second-order valence-corrected chi connectivity index (χ2v) is 7.01. The van der Waals surface area contributed by atoms with E-state index in [2.05, 4.69) is 0 Å². The summed E-state index contributed by atoms with van der Waals surface area (Å²) < 4.78 is 0.263. The molecule has 0 aliphatic carbocycles. The van der Waals surface area contributed by atoms with Crippen LogP contribution in [-0.2, 0) is 9.59 Å². The third-order valence-corrected chi connectivity index (χ3v) is 4.95. The fraction of sp³-hybridized carbons (Fsp3) is 0.294. The second kappa shape index (κ2) is 8.21. The number of amides is 1. The van der Waals surface area contributed by atoms with Crippen molar-refractivity contribution in [2.75, 3.05) is 0 Å². The van der Waals surface area contributed by atoms with Crippen LogP contribution in [0.25, 0.3) is 6.08 Å². The molecule has 1 unspecified atom stereocenters. The van der Waals surface area contributed by atoms with Crippen LogP contribution in [0.3, 0.4) is 0 Å². The minimum absolute atomic E-state index is 0.263. The molecule has 126 valence electrons. The first-order valence-corrected chi connectivity index (χ1v) is 8.75. The van der Waals surface area contributed by atoms with Crippen molar-refractivity contribution in [1.82, 2.24) is 4.90 Å². The number of nitrogens with zero attached hydrogens (tertiary/aromatic N) is 1. The monoisotopic (exact) mass is 363 g/mol. The first-order chi connectivity index (χ1) is 11.5. The van der Waals surface area contributed by atoms with E-state index in [-0.39, 0.29) is 10.2 Å². The number of carbonyl (C=O) groups is 3. The van der Waals surface area contributed by atoms with Crippen LogP contribution in [0.2, 0.25) is 0 Å². The van der Waals surface area contributed by atoms with Crippen molar-refractivity contribution in [1.29, 1.82) is 0 Å². The number of rotatable bonds is 7. The van der Waals surface area contributed by atoms with E-state index in [0.717, 1.165) is 30.0 Å². The topological polar surface area (TPSA) is 74.7 Å². The first-order valence-electron chi connectivity index (χ1n) is 7.53. The van der Waals surface area contributed by atoms with Gasteiger partial charge in [0.05, 0.1) is 4.91 Å². The van der Waals surface area contributed by atoms with E-state index in [1.807, 2.05) is 6.92 Å². The smallest absolute Gasteiger partial charge is 0.326 e. The maximum Gasteiger partial charge on any atom is 0.326 e. The van der Waals surface area contributed by atoms with Crippen molar-refractivity contribution in [2.45, 2.75) is 32.2 Å². The summed E-state index contributed by atoms with van der Waals surface area (Å²) in [5.74, 6) is -1.43. The number of thioether (sulfide) groups is 1. The van der Waals surface area contributed by atoms with Crippen molar-refractivity contribution in [3.63, 3.8) is 0 Å². The summed E-state index contributed by atoms with van der Waals surface area (Å²) >= 11 is 6.32. The minimum Gasteiger partial charge on any atom is -0.480 e. The van der Waals surface area contributed by atoms with E-state index in [1.165, 1.54) is 4.90 Å². The number of carbonyl (C=O) groups excluding carboxylic acids is 2. The summed E-state index contributed by atoms with van der Waals surface area (Å²) in [6.45, 7) is 1.96. The Morgan fingerprint density at radius 3 is 2.50 bits per heavy atom. The van der Waals surface area contributed by atoms with Gasteiger partial charge in [-0.05, 0) is 18.1 Å². The number of aldehydes is 1. The predicted molar refractivity (Wildman–Crippen MR) is 97.8 cm³/mol. The highest BCUT2D eigenvalue weighted by atomic mass is 32.2. The molecule has 1 aliphatic heterocycles. The largest absolute Gasteiger partial charge is 0.480 e. The lowest BCUT2D eigenvalue weighted by molar-refractivity contribution is -0.145. The second-order valence-electron chi connectivity index (χ2n) is 5.33. The molecule has 0 saturated carbocycles. The van der Waals surface area contributed by atoms with E-state index in [9.17, 15) is 19.5 Å². The zero-order valence-corrected chi connectivity index (χ0v) is 14.7. The number of hydrogen-bond donors (Lipinski definition) is 1. The molecule has 1 saturated heterocycles. The molecule has 1 atom stereocenters.